The van der Waals surface area contributed by atoms with Gasteiger partial charge in [-0.3, -0.25) is 0 Å². The van der Waals surface area contributed by atoms with Crippen LogP contribution in [0.2, 0.25) is 10.0 Å². The Kier molecular flexibility index (Phi) is 3.43. The molecule has 0 amide bonds. The molecule has 0 radical (unpaired) electrons. The first-order valence-corrected chi connectivity index (χ1v) is 4.48. The summed E-state index contributed by atoms with van der Waals surface area (Å²) in [4.78, 5) is 1.47. The Morgan fingerprint density at radius 1 is 1.43 bits per heavy atom. The standard InChI is InChI=1S/C8H9Cl2N3O/c1-13(8(11)12-14)5-2-3-6(9)7(10)4-5/h2-4,14H,1H3,(H2,11,12). The summed E-state index contributed by atoms with van der Waals surface area (Å²) in [6, 6.07) is 4.98. The van der Waals surface area contributed by atoms with Gasteiger partial charge in [0.1, 0.15) is 0 Å². The molecule has 0 saturated carbocycles. The summed E-state index contributed by atoms with van der Waals surface area (Å²) in [7, 11) is 1.65. The van der Waals surface area contributed by atoms with E-state index in [1.54, 1.807) is 25.2 Å². The Morgan fingerprint density at radius 3 is 2.57 bits per heavy atom. The van der Waals surface area contributed by atoms with Crippen LogP contribution in [0.25, 0.3) is 0 Å². The third-order valence-corrected chi connectivity index (χ3v) is 2.48. The van der Waals surface area contributed by atoms with Crippen molar-refractivity contribution in [1.29, 1.82) is 0 Å². The molecule has 6 heteroatoms. The summed E-state index contributed by atoms with van der Waals surface area (Å²) < 4.78 is 0. The van der Waals surface area contributed by atoms with E-state index in [1.807, 2.05) is 0 Å². The van der Waals surface area contributed by atoms with E-state index in [4.69, 9.17) is 34.1 Å². The van der Waals surface area contributed by atoms with Gasteiger partial charge >= 0.3 is 0 Å². The van der Waals surface area contributed by atoms with Crippen LogP contribution in [0.1, 0.15) is 0 Å². The summed E-state index contributed by atoms with van der Waals surface area (Å²) in [5.41, 5.74) is 6.08. The molecular formula is C8H9Cl2N3O. The quantitative estimate of drug-likeness (QED) is 0.338. The fraction of sp³-hybridized carbons (Fsp3) is 0.125. The van der Waals surface area contributed by atoms with Gasteiger partial charge < -0.3 is 15.8 Å². The molecule has 14 heavy (non-hydrogen) atoms. The van der Waals surface area contributed by atoms with Crippen LogP contribution < -0.4 is 10.6 Å². The van der Waals surface area contributed by atoms with Crippen LogP contribution in [-0.4, -0.2) is 18.2 Å². The lowest BCUT2D eigenvalue weighted by molar-refractivity contribution is 0.317. The van der Waals surface area contributed by atoms with E-state index in [0.717, 1.165) is 0 Å². The molecule has 0 aromatic heterocycles. The topological polar surface area (TPSA) is 61.8 Å². The molecule has 0 aliphatic rings. The predicted octanol–water partition coefficient (Wildman–Crippen LogP) is 2.13. The highest BCUT2D eigenvalue weighted by Gasteiger charge is 2.07. The monoisotopic (exact) mass is 233 g/mol. The Bertz CT molecular complexity index is 368. The number of guanidine groups is 1. The maximum Gasteiger partial charge on any atom is 0.237 e. The van der Waals surface area contributed by atoms with Gasteiger partial charge in [-0.1, -0.05) is 28.4 Å². The molecule has 76 valence electrons. The first-order valence-electron chi connectivity index (χ1n) is 3.72. The number of benzene rings is 1. The number of anilines is 1. The van der Waals surface area contributed by atoms with Gasteiger partial charge in [0.05, 0.1) is 10.0 Å². The molecule has 1 aromatic rings. The molecule has 0 heterocycles. The second kappa shape index (κ2) is 4.39. The molecular weight excluding hydrogens is 225 g/mol. The van der Waals surface area contributed by atoms with Gasteiger partial charge in [-0.05, 0) is 18.2 Å². The molecule has 0 fully saturated rings. The van der Waals surface area contributed by atoms with Crippen molar-refractivity contribution in [2.75, 3.05) is 11.9 Å². The highest BCUT2D eigenvalue weighted by Crippen LogP contribution is 2.26. The number of hydrogen-bond donors (Lipinski definition) is 2. The smallest absolute Gasteiger partial charge is 0.237 e. The third kappa shape index (κ3) is 2.21. The van der Waals surface area contributed by atoms with Crippen LogP contribution in [0.5, 0.6) is 0 Å². The van der Waals surface area contributed by atoms with Gasteiger partial charge in [-0.25, -0.2) is 0 Å². The largest absolute Gasteiger partial charge is 0.408 e. The van der Waals surface area contributed by atoms with Crippen molar-refractivity contribution >= 4 is 34.8 Å². The Balaban J connectivity index is 3.03. The summed E-state index contributed by atoms with van der Waals surface area (Å²) in [6.45, 7) is 0. The minimum Gasteiger partial charge on any atom is -0.408 e. The molecule has 4 nitrogen and oxygen atoms in total. The molecule has 1 rings (SSSR count). The number of nitrogens with two attached hydrogens (primary N) is 1. The number of hydrogen-bond acceptors (Lipinski definition) is 2. The van der Waals surface area contributed by atoms with Gasteiger partial charge in [0.2, 0.25) is 5.96 Å². The van der Waals surface area contributed by atoms with Crippen molar-refractivity contribution in [2.24, 2.45) is 10.9 Å². The Hall–Kier alpha value is -1.13. The minimum atomic E-state index is -0.0246. The summed E-state index contributed by atoms with van der Waals surface area (Å²) in [5, 5.41) is 12.2. The Morgan fingerprint density at radius 2 is 2.07 bits per heavy atom. The number of nitrogens with zero attached hydrogens (tertiary/aromatic N) is 2. The lowest BCUT2D eigenvalue weighted by atomic mass is 10.3. The van der Waals surface area contributed by atoms with E-state index in [-0.39, 0.29) is 5.96 Å². The van der Waals surface area contributed by atoms with Crippen LogP contribution in [0, 0.1) is 0 Å². The van der Waals surface area contributed by atoms with E-state index >= 15 is 0 Å². The van der Waals surface area contributed by atoms with Crippen LogP contribution in [0.3, 0.4) is 0 Å². The average molecular weight is 234 g/mol. The van der Waals surface area contributed by atoms with Crippen LogP contribution in [-0.2, 0) is 0 Å². The third-order valence-electron chi connectivity index (χ3n) is 1.74. The Labute approximate surface area is 91.5 Å². The van der Waals surface area contributed by atoms with Crippen LogP contribution in [0.4, 0.5) is 5.69 Å². The zero-order valence-corrected chi connectivity index (χ0v) is 8.92. The van der Waals surface area contributed by atoms with Crippen molar-refractivity contribution in [3.05, 3.63) is 28.2 Å². The van der Waals surface area contributed by atoms with Crippen molar-refractivity contribution in [2.45, 2.75) is 0 Å². The number of rotatable bonds is 1. The molecule has 0 bridgehead atoms. The van der Waals surface area contributed by atoms with E-state index < -0.39 is 0 Å². The second-order valence-electron chi connectivity index (χ2n) is 2.62. The summed E-state index contributed by atoms with van der Waals surface area (Å²) in [6.07, 6.45) is 0. The average Bonchev–Trinajstić information content (AvgIpc) is 2.20. The molecule has 0 unspecified atom stereocenters. The predicted molar refractivity (Wildman–Crippen MR) is 58.3 cm³/mol. The van der Waals surface area contributed by atoms with Gasteiger partial charge in [0.25, 0.3) is 0 Å². The molecule has 0 aliphatic carbocycles. The van der Waals surface area contributed by atoms with Gasteiger partial charge in [0, 0.05) is 12.7 Å². The van der Waals surface area contributed by atoms with Gasteiger partial charge in [-0.15, -0.1) is 0 Å². The van der Waals surface area contributed by atoms with Gasteiger partial charge in [-0.2, -0.15) is 0 Å². The second-order valence-corrected chi connectivity index (χ2v) is 3.43. The number of oxime groups is 1. The SMILES string of the molecule is CN(/C(N)=N/O)c1ccc(Cl)c(Cl)c1. The molecule has 1 aromatic carbocycles. The van der Waals surface area contributed by atoms with Crippen LogP contribution in [0.15, 0.2) is 23.4 Å². The van der Waals surface area contributed by atoms with Gasteiger partial charge in [0.15, 0.2) is 0 Å². The maximum absolute atomic E-state index is 8.45. The lowest BCUT2D eigenvalue weighted by Crippen LogP contribution is -2.33. The van der Waals surface area contributed by atoms with Crippen molar-refractivity contribution in [3.8, 4) is 0 Å². The van der Waals surface area contributed by atoms with E-state index in [0.29, 0.717) is 15.7 Å². The molecule has 0 aliphatic heterocycles. The zero-order valence-electron chi connectivity index (χ0n) is 7.41. The highest BCUT2D eigenvalue weighted by atomic mass is 35.5. The summed E-state index contributed by atoms with van der Waals surface area (Å²) in [5.74, 6) is -0.0246. The fourth-order valence-electron chi connectivity index (χ4n) is 0.893. The molecule has 0 atom stereocenters. The highest BCUT2D eigenvalue weighted by molar-refractivity contribution is 6.42. The van der Waals surface area contributed by atoms with Crippen molar-refractivity contribution < 1.29 is 5.21 Å². The zero-order chi connectivity index (χ0) is 10.7. The van der Waals surface area contributed by atoms with Crippen molar-refractivity contribution in [1.82, 2.24) is 0 Å². The van der Waals surface area contributed by atoms with E-state index in [9.17, 15) is 0 Å². The lowest BCUT2D eigenvalue weighted by Gasteiger charge is -2.16. The number of halogens is 2. The first-order chi connectivity index (χ1) is 6.56. The molecule has 0 spiro atoms. The molecule has 0 saturated heterocycles. The maximum atomic E-state index is 8.45. The van der Waals surface area contributed by atoms with Crippen LogP contribution >= 0.6 is 23.2 Å². The fourth-order valence-corrected chi connectivity index (χ4v) is 1.19. The molecule has 3 N–H and O–H groups in total. The van der Waals surface area contributed by atoms with Crippen molar-refractivity contribution in [3.63, 3.8) is 0 Å². The van der Waals surface area contributed by atoms with E-state index in [1.165, 1.54) is 4.90 Å². The van der Waals surface area contributed by atoms with E-state index in [2.05, 4.69) is 5.16 Å². The minimum absolute atomic E-state index is 0.0246. The normalized spacial score (nSPS) is 11.5. The first kappa shape index (κ1) is 10.9. The summed E-state index contributed by atoms with van der Waals surface area (Å²) >= 11 is 11.5.